The lowest BCUT2D eigenvalue weighted by molar-refractivity contribution is -0.118. The van der Waals surface area contributed by atoms with Crippen molar-refractivity contribution in [2.24, 2.45) is 11.8 Å². The third kappa shape index (κ3) is 2.25. The molecule has 5 heteroatoms. The summed E-state index contributed by atoms with van der Waals surface area (Å²) >= 11 is 7.60. The summed E-state index contributed by atoms with van der Waals surface area (Å²) < 4.78 is 6.63. The van der Waals surface area contributed by atoms with Crippen LogP contribution in [0, 0.1) is 11.8 Å². The summed E-state index contributed by atoms with van der Waals surface area (Å²) in [5.41, 5.74) is 3.49. The van der Waals surface area contributed by atoms with Crippen LogP contribution >= 0.6 is 22.9 Å². The van der Waals surface area contributed by atoms with E-state index < -0.39 is 0 Å². The van der Waals surface area contributed by atoms with E-state index >= 15 is 0 Å². The molecule has 5 rings (SSSR count). The van der Waals surface area contributed by atoms with E-state index in [4.69, 9.17) is 16.3 Å². The van der Waals surface area contributed by atoms with Crippen LogP contribution in [0.2, 0.25) is 4.34 Å². The topological polar surface area (TPSA) is 46.5 Å². The van der Waals surface area contributed by atoms with E-state index in [-0.39, 0.29) is 35.6 Å². The molecule has 0 unspecified atom stereocenters. The Balaban J connectivity index is 1.64. The average molecular weight is 387 g/mol. The molecule has 0 spiro atoms. The van der Waals surface area contributed by atoms with Gasteiger partial charge in [-0.15, -0.1) is 11.3 Å². The first-order valence-electron chi connectivity index (χ1n) is 9.10. The van der Waals surface area contributed by atoms with Crippen LogP contribution < -0.4 is 0 Å². The van der Waals surface area contributed by atoms with Gasteiger partial charge in [-0.25, -0.2) is 0 Å². The van der Waals surface area contributed by atoms with Crippen LogP contribution in [0.1, 0.15) is 30.9 Å². The van der Waals surface area contributed by atoms with Crippen molar-refractivity contribution < 1.29 is 14.6 Å². The molecule has 2 bridgehead atoms. The second-order valence-electron chi connectivity index (χ2n) is 7.30. The molecule has 4 atom stereocenters. The summed E-state index contributed by atoms with van der Waals surface area (Å²) in [4.78, 5) is 14.3. The fourth-order valence-electron chi connectivity index (χ4n) is 4.83. The Morgan fingerprint density at radius 3 is 2.62 bits per heavy atom. The number of benzene rings is 1. The second-order valence-corrected chi connectivity index (χ2v) is 9.01. The van der Waals surface area contributed by atoms with Crippen molar-refractivity contribution >= 4 is 34.3 Å². The fraction of sp³-hybridized carbons (Fsp3) is 0.381. The zero-order valence-electron chi connectivity index (χ0n) is 14.4. The van der Waals surface area contributed by atoms with Crippen molar-refractivity contribution in [2.75, 3.05) is 0 Å². The van der Waals surface area contributed by atoms with Crippen molar-refractivity contribution in [1.29, 1.82) is 0 Å². The van der Waals surface area contributed by atoms with Gasteiger partial charge < -0.3 is 9.84 Å². The van der Waals surface area contributed by atoms with Gasteiger partial charge >= 0.3 is 0 Å². The minimum absolute atomic E-state index is 0.00388. The molecule has 26 heavy (non-hydrogen) atoms. The van der Waals surface area contributed by atoms with E-state index in [2.05, 4.69) is 19.1 Å². The van der Waals surface area contributed by atoms with E-state index in [9.17, 15) is 9.90 Å². The number of halogens is 1. The number of aliphatic hydroxyl groups excluding tert-OH is 1. The first kappa shape index (κ1) is 16.5. The highest BCUT2D eigenvalue weighted by molar-refractivity contribution is 7.19. The summed E-state index contributed by atoms with van der Waals surface area (Å²) in [6, 6.07) is 10.0. The Kier molecular flexibility index (Phi) is 3.78. The average Bonchev–Trinajstić information content (AvgIpc) is 3.39. The Labute approximate surface area is 161 Å². The molecule has 2 aromatic rings. The minimum Gasteiger partial charge on any atom is -0.511 e. The summed E-state index contributed by atoms with van der Waals surface area (Å²) in [6.45, 7) is 2.07. The standard InChI is InChI=1S/C21H19ClO3S/c1-2-10-3-4-11(15-7-8-16(22)26-15)9-12(10)17-20(23)18-13-5-6-14(25-13)19(18)21(17)24/h3-4,7-9,13-14,18-19,23H,2,5-6H2,1H3/t13-,14+,18-,19+/m1/s1. The van der Waals surface area contributed by atoms with Crippen molar-refractivity contribution in [2.45, 2.75) is 38.4 Å². The number of carbonyl (C=O) groups excluding carboxylic acids is 1. The lowest BCUT2D eigenvalue weighted by Crippen LogP contribution is -2.29. The number of thiophene rings is 1. The molecule has 0 saturated carbocycles. The maximum absolute atomic E-state index is 13.2. The molecule has 3 nitrogen and oxygen atoms in total. The molecular formula is C21H19ClO3S. The number of allylic oxidation sites excluding steroid dienone is 1. The molecule has 0 radical (unpaired) electrons. The quantitative estimate of drug-likeness (QED) is 0.780. The van der Waals surface area contributed by atoms with E-state index in [0.717, 1.165) is 45.2 Å². The van der Waals surface area contributed by atoms with Crippen LogP contribution in [0.5, 0.6) is 0 Å². The second kappa shape index (κ2) is 5.95. The number of fused-ring (bicyclic) bond motifs is 5. The zero-order chi connectivity index (χ0) is 18.0. The van der Waals surface area contributed by atoms with Crippen LogP contribution in [0.15, 0.2) is 36.1 Å². The van der Waals surface area contributed by atoms with Gasteiger partial charge in [0.2, 0.25) is 0 Å². The molecule has 3 heterocycles. The zero-order valence-corrected chi connectivity index (χ0v) is 15.9. The monoisotopic (exact) mass is 386 g/mol. The predicted molar refractivity (Wildman–Crippen MR) is 104 cm³/mol. The lowest BCUT2D eigenvalue weighted by atomic mass is 9.80. The molecule has 1 aromatic heterocycles. The maximum Gasteiger partial charge on any atom is 0.173 e. The number of hydrogen-bond donors (Lipinski definition) is 1. The van der Waals surface area contributed by atoms with E-state index in [0.29, 0.717) is 5.57 Å². The molecule has 134 valence electrons. The van der Waals surface area contributed by atoms with Gasteiger partial charge in [0.1, 0.15) is 5.76 Å². The van der Waals surface area contributed by atoms with Crippen molar-refractivity contribution in [1.82, 2.24) is 0 Å². The van der Waals surface area contributed by atoms with Crippen LogP contribution in [0.25, 0.3) is 16.0 Å². The van der Waals surface area contributed by atoms with Gasteiger partial charge in [-0.05, 0) is 54.2 Å². The minimum atomic E-state index is -0.201. The van der Waals surface area contributed by atoms with Gasteiger partial charge in [-0.1, -0.05) is 30.7 Å². The molecule has 3 aliphatic rings. The van der Waals surface area contributed by atoms with Crippen LogP contribution in [0.3, 0.4) is 0 Å². The molecule has 1 aromatic carbocycles. The van der Waals surface area contributed by atoms with Crippen LogP contribution in [-0.4, -0.2) is 23.1 Å². The Morgan fingerprint density at radius 2 is 1.96 bits per heavy atom. The van der Waals surface area contributed by atoms with Gasteiger partial charge in [0.05, 0.1) is 34.0 Å². The summed E-state index contributed by atoms with van der Waals surface area (Å²) in [5, 5.41) is 11.0. The fourth-order valence-corrected chi connectivity index (χ4v) is 5.87. The number of ketones is 1. The first-order chi connectivity index (χ1) is 12.6. The number of hydrogen-bond acceptors (Lipinski definition) is 4. The number of rotatable bonds is 3. The SMILES string of the molecule is CCc1ccc(-c2ccc(Cl)s2)cc1C1=C(O)[C@H]2[C@@H](C1=O)[C@@H]1CC[C@H]2O1. The predicted octanol–water partition coefficient (Wildman–Crippen LogP) is 5.28. The molecule has 2 aliphatic heterocycles. The number of aryl methyl sites for hydroxylation is 1. The molecule has 2 fully saturated rings. The lowest BCUT2D eigenvalue weighted by Gasteiger charge is -2.19. The van der Waals surface area contributed by atoms with Gasteiger partial charge in [0.25, 0.3) is 0 Å². The van der Waals surface area contributed by atoms with Crippen molar-refractivity contribution in [3.8, 4) is 10.4 Å². The van der Waals surface area contributed by atoms with Crippen molar-refractivity contribution in [3.63, 3.8) is 0 Å². The normalized spacial score (nSPS) is 29.7. The van der Waals surface area contributed by atoms with Gasteiger partial charge in [0, 0.05) is 4.88 Å². The number of Topliss-reactive ketones (excluding diaryl/α,β-unsaturated/α-hetero) is 1. The first-order valence-corrected chi connectivity index (χ1v) is 10.3. The highest BCUT2D eigenvalue weighted by Crippen LogP contribution is 2.54. The summed E-state index contributed by atoms with van der Waals surface area (Å²) in [6.07, 6.45) is 2.64. The van der Waals surface area contributed by atoms with Gasteiger partial charge in [0.15, 0.2) is 5.78 Å². The van der Waals surface area contributed by atoms with Gasteiger partial charge in [-0.3, -0.25) is 4.79 Å². The Hall–Kier alpha value is -1.62. The van der Waals surface area contributed by atoms with Crippen LogP contribution in [-0.2, 0) is 16.0 Å². The van der Waals surface area contributed by atoms with Gasteiger partial charge in [-0.2, -0.15) is 0 Å². The third-order valence-corrected chi connectivity index (χ3v) is 7.29. The van der Waals surface area contributed by atoms with E-state index in [1.54, 1.807) is 0 Å². The highest BCUT2D eigenvalue weighted by Gasteiger charge is 2.59. The Morgan fingerprint density at radius 1 is 1.19 bits per heavy atom. The molecule has 0 amide bonds. The number of aliphatic hydroxyl groups is 1. The highest BCUT2D eigenvalue weighted by atomic mass is 35.5. The number of carbonyl (C=O) groups is 1. The van der Waals surface area contributed by atoms with Crippen LogP contribution in [0.4, 0.5) is 0 Å². The molecule has 1 aliphatic carbocycles. The summed E-state index contributed by atoms with van der Waals surface area (Å²) in [7, 11) is 0. The molecule has 1 N–H and O–H groups in total. The maximum atomic E-state index is 13.2. The largest absolute Gasteiger partial charge is 0.511 e. The van der Waals surface area contributed by atoms with Crippen molar-refractivity contribution in [3.05, 3.63) is 51.6 Å². The smallest absolute Gasteiger partial charge is 0.173 e. The molecule has 2 saturated heterocycles. The third-order valence-electron chi connectivity index (χ3n) is 6.01. The Bertz CT molecular complexity index is 944. The van der Waals surface area contributed by atoms with E-state index in [1.165, 1.54) is 11.3 Å². The van der Waals surface area contributed by atoms with E-state index in [1.807, 2.05) is 18.2 Å². The number of ether oxygens (including phenoxy) is 1. The molecular weight excluding hydrogens is 368 g/mol. The summed E-state index contributed by atoms with van der Waals surface area (Å²) in [5.74, 6) is -0.0619.